The van der Waals surface area contributed by atoms with Gasteiger partial charge in [-0.25, -0.2) is 0 Å². The molecule has 2 amide bonds. The van der Waals surface area contributed by atoms with E-state index in [1.54, 1.807) is 30.1 Å². The summed E-state index contributed by atoms with van der Waals surface area (Å²) < 4.78 is 0. The van der Waals surface area contributed by atoms with Gasteiger partial charge in [0, 0.05) is 61.5 Å². The molecule has 9 heteroatoms. The Bertz CT molecular complexity index is 1410. The summed E-state index contributed by atoms with van der Waals surface area (Å²) in [4.78, 5) is 44.0. The second kappa shape index (κ2) is 10.1. The number of non-ortho nitro benzene ring substituents is 1. The molecule has 8 nitrogen and oxygen atoms in total. The predicted octanol–water partition coefficient (Wildman–Crippen LogP) is 4.98. The topological polar surface area (TPSA) is 87.0 Å². The molecule has 2 aliphatic heterocycles. The summed E-state index contributed by atoms with van der Waals surface area (Å²) in [6.07, 6.45) is 1.91. The van der Waals surface area contributed by atoms with Crippen LogP contribution >= 0.6 is 11.8 Å². The van der Waals surface area contributed by atoms with Crippen LogP contribution in [0.3, 0.4) is 0 Å². The van der Waals surface area contributed by atoms with Crippen LogP contribution in [-0.2, 0) is 4.79 Å². The van der Waals surface area contributed by atoms with Gasteiger partial charge in [-0.1, -0.05) is 41.6 Å². The summed E-state index contributed by atoms with van der Waals surface area (Å²) >= 11 is 1.42. The van der Waals surface area contributed by atoms with Gasteiger partial charge in [-0.3, -0.25) is 19.7 Å². The van der Waals surface area contributed by atoms with Gasteiger partial charge in [-0.05, 0) is 48.9 Å². The highest BCUT2D eigenvalue weighted by molar-refractivity contribution is 8.04. The molecule has 0 atom stereocenters. The Morgan fingerprint density at radius 3 is 2.41 bits per heavy atom. The second-order valence-electron chi connectivity index (χ2n) is 9.12. The van der Waals surface area contributed by atoms with Crippen LogP contribution in [0.15, 0.2) is 76.5 Å². The maximum atomic E-state index is 13.3. The van der Waals surface area contributed by atoms with Crippen molar-refractivity contribution in [3.05, 3.63) is 98.4 Å². The minimum atomic E-state index is -0.413. The number of nitro groups is 1. The number of hydrogen-bond acceptors (Lipinski definition) is 6. The largest absolute Gasteiger partial charge is 0.368 e. The van der Waals surface area contributed by atoms with E-state index in [9.17, 15) is 19.7 Å². The number of aryl methyl sites for hydroxylation is 1. The fourth-order valence-electron chi connectivity index (χ4n) is 4.57. The van der Waals surface area contributed by atoms with E-state index in [2.05, 4.69) is 4.90 Å². The van der Waals surface area contributed by atoms with Gasteiger partial charge < -0.3 is 14.7 Å². The van der Waals surface area contributed by atoms with Crippen LogP contribution in [0, 0.1) is 17.0 Å². The first-order valence-corrected chi connectivity index (χ1v) is 12.8. The van der Waals surface area contributed by atoms with Crippen LogP contribution in [0.5, 0.6) is 0 Å². The van der Waals surface area contributed by atoms with Crippen molar-refractivity contribution in [1.29, 1.82) is 0 Å². The van der Waals surface area contributed by atoms with Crippen molar-refractivity contribution in [2.75, 3.05) is 43.0 Å². The second-order valence-corrected chi connectivity index (χ2v) is 10.2. The lowest BCUT2D eigenvalue weighted by Gasteiger charge is -2.36. The maximum Gasteiger partial charge on any atom is 0.269 e. The molecule has 188 valence electrons. The van der Waals surface area contributed by atoms with E-state index in [1.165, 1.54) is 23.9 Å². The average Bonchev–Trinajstić information content (AvgIpc) is 2.91. The van der Waals surface area contributed by atoms with Crippen molar-refractivity contribution in [2.45, 2.75) is 11.8 Å². The van der Waals surface area contributed by atoms with Crippen molar-refractivity contribution in [3.8, 4) is 0 Å². The number of thioether (sulfide) groups is 1. The maximum absolute atomic E-state index is 13.3. The Balaban J connectivity index is 1.28. The highest BCUT2D eigenvalue weighted by atomic mass is 32.2. The van der Waals surface area contributed by atoms with Gasteiger partial charge in [0.2, 0.25) is 0 Å². The third-order valence-corrected chi connectivity index (χ3v) is 7.71. The molecule has 3 aromatic carbocycles. The first kappa shape index (κ1) is 24.6. The minimum absolute atomic E-state index is 0.0596. The molecule has 5 rings (SSSR count). The summed E-state index contributed by atoms with van der Waals surface area (Å²) in [6, 6.07) is 20.0. The Kier molecular flexibility index (Phi) is 6.71. The number of benzene rings is 3. The molecule has 1 saturated heterocycles. The van der Waals surface area contributed by atoms with E-state index in [1.807, 2.05) is 54.3 Å². The Morgan fingerprint density at radius 1 is 1.00 bits per heavy atom. The first-order valence-electron chi connectivity index (χ1n) is 12.0. The lowest BCUT2D eigenvalue weighted by Crippen LogP contribution is -2.48. The third-order valence-electron chi connectivity index (χ3n) is 6.64. The smallest absolute Gasteiger partial charge is 0.269 e. The van der Waals surface area contributed by atoms with Gasteiger partial charge in [0.15, 0.2) is 0 Å². The molecule has 0 aromatic heterocycles. The molecule has 2 heterocycles. The molecule has 2 aliphatic rings. The van der Waals surface area contributed by atoms with E-state index in [0.29, 0.717) is 36.6 Å². The predicted molar refractivity (Wildman–Crippen MR) is 146 cm³/mol. The number of nitrogens with zero attached hydrogens (tertiary/aromatic N) is 4. The van der Waals surface area contributed by atoms with Gasteiger partial charge in [0.05, 0.1) is 15.5 Å². The van der Waals surface area contributed by atoms with Gasteiger partial charge in [0.1, 0.15) is 0 Å². The molecular formula is C28H26N4O4S. The Labute approximate surface area is 219 Å². The molecule has 0 N–H and O–H groups in total. The molecule has 0 saturated carbocycles. The van der Waals surface area contributed by atoms with E-state index in [0.717, 1.165) is 27.4 Å². The lowest BCUT2D eigenvalue weighted by molar-refractivity contribution is -0.384. The number of nitro benzene ring substituents is 1. The van der Waals surface area contributed by atoms with E-state index in [-0.39, 0.29) is 17.5 Å². The van der Waals surface area contributed by atoms with Gasteiger partial charge in [-0.15, -0.1) is 0 Å². The molecule has 0 bridgehead atoms. The van der Waals surface area contributed by atoms with Crippen LogP contribution in [0.4, 0.5) is 17.1 Å². The first-order chi connectivity index (χ1) is 17.8. The van der Waals surface area contributed by atoms with Gasteiger partial charge >= 0.3 is 0 Å². The van der Waals surface area contributed by atoms with Crippen LogP contribution in [0.2, 0.25) is 0 Å². The van der Waals surface area contributed by atoms with E-state index in [4.69, 9.17) is 0 Å². The molecule has 3 aromatic rings. The quantitative estimate of drug-likeness (QED) is 0.277. The monoisotopic (exact) mass is 514 g/mol. The van der Waals surface area contributed by atoms with Crippen LogP contribution in [-0.4, -0.2) is 54.9 Å². The average molecular weight is 515 g/mol. The normalized spacial score (nSPS) is 16.6. The molecule has 1 fully saturated rings. The third kappa shape index (κ3) is 5.08. The van der Waals surface area contributed by atoms with Crippen LogP contribution in [0.25, 0.3) is 6.08 Å². The molecule has 0 aliphatic carbocycles. The highest BCUT2D eigenvalue weighted by Gasteiger charge is 2.29. The standard InChI is InChI=1S/C28H26N4O4S/c1-19-4-3-5-20(16-19)17-26-28(34)29(2)24-18-21(6-11-25(24)37-26)27(33)31-14-12-30(13-15-31)22-7-9-23(10-8-22)32(35)36/h3-11,16-18H,12-15H2,1-2H3. The number of amides is 2. The number of likely N-dealkylation sites (N-methyl/N-ethyl adjacent to an activating group) is 1. The number of rotatable bonds is 4. The lowest BCUT2D eigenvalue weighted by atomic mass is 10.1. The summed E-state index contributed by atoms with van der Waals surface area (Å²) in [5.74, 6) is -0.168. The molecule has 0 radical (unpaired) electrons. The van der Waals surface area contributed by atoms with Gasteiger partial charge in [0.25, 0.3) is 17.5 Å². The highest BCUT2D eigenvalue weighted by Crippen LogP contribution is 2.42. The van der Waals surface area contributed by atoms with Crippen molar-refractivity contribution >= 4 is 46.7 Å². The zero-order chi connectivity index (χ0) is 26.1. The summed E-state index contributed by atoms with van der Waals surface area (Å²) in [6.45, 7) is 4.37. The Hall–Kier alpha value is -4.11. The summed E-state index contributed by atoms with van der Waals surface area (Å²) in [5, 5.41) is 10.9. The van der Waals surface area contributed by atoms with Gasteiger partial charge in [-0.2, -0.15) is 0 Å². The number of piperazine rings is 1. The molecular weight excluding hydrogens is 488 g/mol. The van der Waals surface area contributed by atoms with Crippen molar-refractivity contribution in [1.82, 2.24) is 4.90 Å². The van der Waals surface area contributed by atoms with Crippen molar-refractivity contribution in [3.63, 3.8) is 0 Å². The molecule has 0 spiro atoms. The van der Waals surface area contributed by atoms with E-state index < -0.39 is 4.92 Å². The SMILES string of the molecule is Cc1cccc(C=C2Sc3ccc(C(=O)N4CCN(c5ccc([N+](=O)[O-])cc5)CC4)cc3N(C)C2=O)c1. The van der Waals surface area contributed by atoms with Crippen LogP contribution in [0.1, 0.15) is 21.5 Å². The minimum Gasteiger partial charge on any atom is -0.368 e. The molecule has 37 heavy (non-hydrogen) atoms. The zero-order valence-corrected chi connectivity index (χ0v) is 21.4. The summed E-state index contributed by atoms with van der Waals surface area (Å²) in [7, 11) is 1.74. The number of fused-ring (bicyclic) bond motifs is 1. The number of hydrogen-bond donors (Lipinski definition) is 0. The zero-order valence-electron chi connectivity index (χ0n) is 20.6. The van der Waals surface area contributed by atoms with E-state index >= 15 is 0 Å². The van der Waals surface area contributed by atoms with Crippen LogP contribution < -0.4 is 9.80 Å². The fourth-order valence-corrected chi connectivity index (χ4v) is 5.67. The number of carbonyl (C=O) groups excluding carboxylic acids is 2. The number of carbonyl (C=O) groups is 2. The number of anilines is 2. The summed E-state index contributed by atoms with van der Waals surface area (Å²) in [5.41, 5.74) is 4.35. The molecule has 0 unspecified atom stereocenters. The Morgan fingerprint density at radius 2 is 1.73 bits per heavy atom. The van der Waals surface area contributed by atoms with Crippen molar-refractivity contribution < 1.29 is 14.5 Å². The van der Waals surface area contributed by atoms with Crippen molar-refractivity contribution in [2.24, 2.45) is 0 Å². The fraction of sp³-hybridized carbons (Fsp3) is 0.214.